The molecule has 6 heteroatoms. The van der Waals surface area contributed by atoms with Crippen LogP contribution in [0.5, 0.6) is 5.75 Å². The lowest BCUT2D eigenvalue weighted by atomic mass is 10.1. The van der Waals surface area contributed by atoms with Gasteiger partial charge in [0.1, 0.15) is 23.6 Å². The Morgan fingerprint density at radius 3 is 2.41 bits per heavy atom. The third kappa shape index (κ3) is 4.61. The van der Waals surface area contributed by atoms with Crippen LogP contribution in [-0.4, -0.2) is 23.0 Å². The van der Waals surface area contributed by atoms with Crippen molar-refractivity contribution in [3.8, 4) is 5.75 Å². The van der Waals surface area contributed by atoms with Gasteiger partial charge in [0, 0.05) is 18.3 Å². The number of hydrogen-bond acceptors (Lipinski definition) is 5. The van der Waals surface area contributed by atoms with Crippen molar-refractivity contribution in [1.82, 2.24) is 15.3 Å². The van der Waals surface area contributed by atoms with E-state index >= 15 is 0 Å². The molecule has 0 radical (unpaired) electrons. The zero-order chi connectivity index (χ0) is 19.2. The topological polar surface area (TPSA) is 76.1 Å². The molecule has 0 saturated heterocycles. The number of nitrogens with one attached hydrogen (secondary N) is 2. The van der Waals surface area contributed by atoms with Crippen molar-refractivity contribution in [1.29, 1.82) is 0 Å². The van der Waals surface area contributed by atoms with Crippen LogP contribution in [0, 0.1) is 13.8 Å². The molecule has 3 aromatic rings. The van der Waals surface area contributed by atoms with E-state index in [9.17, 15) is 4.79 Å². The van der Waals surface area contributed by atoms with Crippen LogP contribution in [0.15, 0.2) is 54.9 Å². The first-order valence-corrected chi connectivity index (χ1v) is 8.63. The van der Waals surface area contributed by atoms with Gasteiger partial charge in [-0.3, -0.25) is 4.79 Å². The first-order valence-electron chi connectivity index (χ1n) is 8.63. The molecule has 0 saturated carbocycles. The van der Waals surface area contributed by atoms with Gasteiger partial charge in [0.15, 0.2) is 0 Å². The number of anilines is 2. The van der Waals surface area contributed by atoms with Crippen LogP contribution in [0.25, 0.3) is 0 Å². The zero-order valence-electron chi connectivity index (χ0n) is 15.6. The number of nitrogens with zero attached hydrogens (tertiary/aromatic N) is 2. The molecule has 0 fully saturated rings. The summed E-state index contributed by atoms with van der Waals surface area (Å²) in [5, 5.41) is 6.15. The van der Waals surface area contributed by atoms with Gasteiger partial charge in [-0.15, -0.1) is 0 Å². The number of carbonyl (C=O) groups excluding carboxylic acids is 1. The van der Waals surface area contributed by atoms with Crippen LogP contribution in [-0.2, 0) is 6.54 Å². The molecule has 0 spiro atoms. The number of aromatic nitrogens is 2. The number of para-hydroxylation sites is 1. The minimum Gasteiger partial charge on any atom is -0.497 e. The average Bonchev–Trinajstić information content (AvgIpc) is 2.69. The molecule has 138 valence electrons. The van der Waals surface area contributed by atoms with Crippen LogP contribution >= 0.6 is 0 Å². The Balaban J connectivity index is 1.68. The summed E-state index contributed by atoms with van der Waals surface area (Å²) in [6.45, 7) is 4.46. The third-order valence-corrected chi connectivity index (χ3v) is 4.25. The number of carbonyl (C=O) groups is 1. The lowest BCUT2D eigenvalue weighted by Gasteiger charge is -2.12. The van der Waals surface area contributed by atoms with Crippen LogP contribution in [0.4, 0.5) is 11.5 Å². The predicted molar refractivity (Wildman–Crippen MR) is 105 cm³/mol. The number of aryl methyl sites for hydroxylation is 2. The quantitative estimate of drug-likeness (QED) is 0.698. The van der Waals surface area contributed by atoms with Gasteiger partial charge >= 0.3 is 0 Å². The molecule has 0 aliphatic carbocycles. The van der Waals surface area contributed by atoms with Crippen molar-refractivity contribution in [2.75, 3.05) is 12.4 Å². The molecule has 1 amide bonds. The Morgan fingerprint density at radius 2 is 1.74 bits per heavy atom. The second-order valence-electron chi connectivity index (χ2n) is 6.21. The fraction of sp³-hybridized carbons (Fsp3) is 0.190. The maximum absolute atomic E-state index is 12.4. The average molecular weight is 362 g/mol. The van der Waals surface area contributed by atoms with Gasteiger partial charge < -0.3 is 15.4 Å². The van der Waals surface area contributed by atoms with Crippen molar-refractivity contribution in [2.24, 2.45) is 0 Å². The Kier molecular flexibility index (Phi) is 5.66. The molecular formula is C21H22N4O2. The van der Waals surface area contributed by atoms with E-state index in [0.29, 0.717) is 18.1 Å². The number of benzene rings is 2. The minimum atomic E-state index is -0.252. The molecule has 0 atom stereocenters. The number of amides is 1. The molecule has 2 aromatic carbocycles. The minimum absolute atomic E-state index is 0.252. The van der Waals surface area contributed by atoms with E-state index in [1.54, 1.807) is 13.2 Å². The molecule has 0 aliphatic rings. The largest absolute Gasteiger partial charge is 0.497 e. The van der Waals surface area contributed by atoms with Crippen LogP contribution in [0.1, 0.15) is 27.2 Å². The molecule has 3 rings (SSSR count). The molecule has 6 nitrogen and oxygen atoms in total. The summed E-state index contributed by atoms with van der Waals surface area (Å²) in [5.41, 5.74) is 4.50. The molecule has 0 unspecified atom stereocenters. The summed E-state index contributed by atoms with van der Waals surface area (Å²) in [4.78, 5) is 20.7. The Morgan fingerprint density at radius 1 is 1.04 bits per heavy atom. The summed E-state index contributed by atoms with van der Waals surface area (Å²) < 4.78 is 5.13. The molecule has 27 heavy (non-hydrogen) atoms. The van der Waals surface area contributed by atoms with Crippen molar-refractivity contribution in [2.45, 2.75) is 20.4 Å². The van der Waals surface area contributed by atoms with Gasteiger partial charge in [0.05, 0.1) is 7.11 Å². The highest BCUT2D eigenvalue weighted by Gasteiger charge is 2.10. The van der Waals surface area contributed by atoms with E-state index in [0.717, 1.165) is 28.1 Å². The first kappa shape index (κ1) is 18.4. The Bertz CT molecular complexity index is 919. The second kappa shape index (κ2) is 8.31. The van der Waals surface area contributed by atoms with Crippen molar-refractivity contribution < 1.29 is 9.53 Å². The van der Waals surface area contributed by atoms with Gasteiger partial charge in [0.25, 0.3) is 5.91 Å². The SMILES string of the molecule is COc1ccc(CNC(=O)c2cc(Nc3c(C)cccc3C)ncn2)cc1. The van der Waals surface area contributed by atoms with Crippen LogP contribution < -0.4 is 15.4 Å². The Labute approximate surface area is 158 Å². The lowest BCUT2D eigenvalue weighted by Crippen LogP contribution is -2.24. The van der Waals surface area contributed by atoms with Gasteiger partial charge in [-0.05, 0) is 42.7 Å². The van der Waals surface area contributed by atoms with Crippen molar-refractivity contribution in [3.63, 3.8) is 0 Å². The van der Waals surface area contributed by atoms with E-state index in [2.05, 4.69) is 20.6 Å². The summed E-state index contributed by atoms with van der Waals surface area (Å²) in [5.74, 6) is 1.11. The third-order valence-electron chi connectivity index (χ3n) is 4.25. The maximum atomic E-state index is 12.4. The number of ether oxygens (including phenoxy) is 1. The van der Waals surface area contributed by atoms with E-state index in [-0.39, 0.29) is 5.91 Å². The fourth-order valence-electron chi connectivity index (χ4n) is 2.71. The number of rotatable bonds is 6. The molecule has 0 bridgehead atoms. The normalized spacial score (nSPS) is 10.3. The van der Waals surface area contributed by atoms with Crippen molar-refractivity contribution >= 4 is 17.4 Å². The van der Waals surface area contributed by atoms with Crippen molar-refractivity contribution in [3.05, 3.63) is 77.2 Å². The lowest BCUT2D eigenvalue weighted by molar-refractivity contribution is 0.0946. The highest BCUT2D eigenvalue weighted by molar-refractivity contribution is 5.93. The maximum Gasteiger partial charge on any atom is 0.270 e. The Hall–Kier alpha value is -3.41. The van der Waals surface area contributed by atoms with E-state index in [4.69, 9.17) is 4.74 Å². The molecule has 1 aromatic heterocycles. The first-order chi connectivity index (χ1) is 13.1. The summed E-state index contributed by atoms with van der Waals surface area (Å²) in [6, 6.07) is 15.2. The highest BCUT2D eigenvalue weighted by Crippen LogP contribution is 2.23. The molecule has 2 N–H and O–H groups in total. The molecule has 1 heterocycles. The second-order valence-corrected chi connectivity index (χ2v) is 6.21. The number of methoxy groups -OCH3 is 1. The monoisotopic (exact) mass is 362 g/mol. The standard InChI is InChI=1S/C21H22N4O2/c1-14-5-4-6-15(2)20(14)25-19-11-18(23-13-24-19)21(26)22-12-16-7-9-17(27-3)10-8-16/h4-11,13H,12H2,1-3H3,(H,22,26)(H,23,24,25). The zero-order valence-corrected chi connectivity index (χ0v) is 15.6. The summed E-state index contributed by atoms with van der Waals surface area (Å²) >= 11 is 0. The van der Waals surface area contributed by atoms with E-state index < -0.39 is 0 Å². The van der Waals surface area contributed by atoms with Gasteiger partial charge in [-0.1, -0.05) is 30.3 Å². The molecular weight excluding hydrogens is 340 g/mol. The van der Waals surface area contributed by atoms with E-state index in [1.807, 2.05) is 56.3 Å². The van der Waals surface area contributed by atoms with Gasteiger partial charge in [-0.25, -0.2) is 9.97 Å². The van der Waals surface area contributed by atoms with Crippen LogP contribution in [0.3, 0.4) is 0 Å². The molecule has 0 aliphatic heterocycles. The summed E-state index contributed by atoms with van der Waals surface area (Å²) in [7, 11) is 1.62. The predicted octanol–water partition coefficient (Wildman–Crippen LogP) is 3.78. The van der Waals surface area contributed by atoms with Gasteiger partial charge in [0.2, 0.25) is 0 Å². The smallest absolute Gasteiger partial charge is 0.270 e. The van der Waals surface area contributed by atoms with Gasteiger partial charge in [-0.2, -0.15) is 0 Å². The van der Waals surface area contributed by atoms with E-state index in [1.165, 1.54) is 6.33 Å². The van der Waals surface area contributed by atoms with Crippen LogP contribution in [0.2, 0.25) is 0 Å². The number of hydrogen-bond donors (Lipinski definition) is 2. The fourth-order valence-corrected chi connectivity index (χ4v) is 2.71. The highest BCUT2D eigenvalue weighted by atomic mass is 16.5. The summed E-state index contributed by atoms with van der Waals surface area (Å²) in [6.07, 6.45) is 1.39.